The second kappa shape index (κ2) is 5.99. The van der Waals surface area contributed by atoms with Crippen molar-refractivity contribution in [1.82, 2.24) is 0 Å². The molecule has 0 aromatic heterocycles. The Morgan fingerprint density at radius 1 is 1.04 bits per heavy atom. The Labute approximate surface area is 158 Å². The molecule has 3 nitrogen and oxygen atoms in total. The molecule has 0 bridgehead atoms. The van der Waals surface area contributed by atoms with Crippen molar-refractivity contribution < 1.29 is 14.6 Å². The maximum Gasteiger partial charge on any atom is 0.302 e. The van der Waals surface area contributed by atoms with Crippen molar-refractivity contribution in [1.29, 1.82) is 0 Å². The summed E-state index contributed by atoms with van der Waals surface area (Å²) in [5.41, 5.74) is -0.412. The summed E-state index contributed by atoms with van der Waals surface area (Å²) >= 11 is 0. The number of rotatable bonds is 1. The third kappa shape index (κ3) is 2.55. The quantitative estimate of drug-likeness (QED) is 0.561. The maximum absolute atomic E-state index is 11.6. The lowest BCUT2D eigenvalue weighted by atomic mass is 9.44. The van der Waals surface area contributed by atoms with Gasteiger partial charge in [-0.1, -0.05) is 19.8 Å². The molecule has 0 aromatic carbocycles. The van der Waals surface area contributed by atoms with Gasteiger partial charge in [-0.05, 0) is 86.9 Å². The first-order valence-electron chi connectivity index (χ1n) is 10.6. The van der Waals surface area contributed by atoms with Crippen molar-refractivity contribution in [3.63, 3.8) is 0 Å². The normalized spacial score (nSPS) is 53.0. The van der Waals surface area contributed by atoms with Crippen LogP contribution in [0.3, 0.4) is 0 Å². The van der Waals surface area contributed by atoms with E-state index in [1.54, 1.807) is 6.92 Å². The number of carbonyl (C=O) groups excluding carboxylic acids is 1. The van der Waals surface area contributed by atoms with Gasteiger partial charge in [-0.15, -0.1) is 6.42 Å². The summed E-state index contributed by atoms with van der Waals surface area (Å²) in [4.78, 5) is 11.6. The first-order valence-corrected chi connectivity index (χ1v) is 10.6. The minimum atomic E-state index is -0.881. The van der Waals surface area contributed by atoms with Gasteiger partial charge in [0.2, 0.25) is 0 Å². The van der Waals surface area contributed by atoms with E-state index in [1.807, 2.05) is 0 Å². The number of terminal acetylenes is 1. The third-order valence-corrected chi connectivity index (χ3v) is 9.22. The molecular formula is C23H34O3. The number of hydrogen-bond donors (Lipinski definition) is 1. The van der Waals surface area contributed by atoms with Crippen LogP contribution in [-0.4, -0.2) is 22.8 Å². The van der Waals surface area contributed by atoms with Crippen LogP contribution in [0.25, 0.3) is 0 Å². The van der Waals surface area contributed by atoms with E-state index in [2.05, 4.69) is 19.8 Å². The first-order chi connectivity index (χ1) is 12.2. The van der Waals surface area contributed by atoms with Crippen LogP contribution >= 0.6 is 0 Å². The Morgan fingerprint density at radius 2 is 1.77 bits per heavy atom. The number of aliphatic hydroxyl groups is 1. The Balaban J connectivity index is 1.57. The lowest BCUT2D eigenvalue weighted by molar-refractivity contribution is -0.165. The molecular weight excluding hydrogens is 324 g/mol. The lowest BCUT2D eigenvalue weighted by Gasteiger charge is -2.61. The molecule has 3 heteroatoms. The average Bonchev–Trinajstić information content (AvgIpc) is 2.92. The van der Waals surface area contributed by atoms with Crippen LogP contribution in [0.1, 0.15) is 78.6 Å². The zero-order chi connectivity index (χ0) is 18.7. The van der Waals surface area contributed by atoms with Gasteiger partial charge in [0.1, 0.15) is 11.7 Å². The van der Waals surface area contributed by atoms with Gasteiger partial charge in [-0.3, -0.25) is 4.79 Å². The average molecular weight is 359 g/mol. The number of esters is 1. The zero-order valence-corrected chi connectivity index (χ0v) is 16.6. The molecule has 0 unspecified atom stereocenters. The molecule has 0 aliphatic heterocycles. The highest BCUT2D eigenvalue weighted by atomic mass is 16.5. The van der Waals surface area contributed by atoms with Gasteiger partial charge in [-0.2, -0.15) is 0 Å². The highest BCUT2D eigenvalue weighted by Crippen LogP contribution is 2.67. The fourth-order valence-corrected chi connectivity index (χ4v) is 7.72. The second-order valence-corrected chi connectivity index (χ2v) is 10.3. The maximum atomic E-state index is 11.6. The summed E-state index contributed by atoms with van der Waals surface area (Å²) in [6, 6.07) is 0. The van der Waals surface area contributed by atoms with Crippen LogP contribution in [0, 0.1) is 46.8 Å². The van der Waals surface area contributed by atoms with E-state index in [-0.39, 0.29) is 17.5 Å². The molecule has 0 radical (unpaired) electrons. The van der Waals surface area contributed by atoms with Crippen molar-refractivity contribution in [2.24, 2.45) is 34.5 Å². The van der Waals surface area contributed by atoms with Crippen molar-refractivity contribution in [3.05, 3.63) is 0 Å². The monoisotopic (exact) mass is 358 g/mol. The Bertz CT molecular complexity index is 636. The molecule has 1 N–H and O–H groups in total. The van der Waals surface area contributed by atoms with E-state index >= 15 is 0 Å². The van der Waals surface area contributed by atoms with E-state index in [9.17, 15) is 9.90 Å². The molecule has 8 atom stereocenters. The second-order valence-electron chi connectivity index (χ2n) is 10.3. The molecule has 26 heavy (non-hydrogen) atoms. The van der Waals surface area contributed by atoms with Crippen molar-refractivity contribution in [3.8, 4) is 12.3 Å². The van der Waals surface area contributed by atoms with E-state index in [4.69, 9.17) is 11.2 Å². The van der Waals surface area contributed by atoms with Crippen molar-refractivity contribution in [2.45, 2.75) is 90.3 Å². The van der Waals surface area contributed by atoms with Crippen LogP contribution in [0.5, 0.6) is 0 Å². The van der Waals surface area contributed by atoms with Crippen molar-refractivity contribution in [2.75, 3.05) is 0 Å². The SMILES string of the molecule is C#C[C@@]1(O)CC[C@@]2(C)[C@@H](CC[C@H]3[C@H]2CC[C@]2(C)[C@@H](OC(C)=O)CC[C@@H]32)C1. The van der Waals surface area contributed by atoms with Crippen LogP contribution in [-0.2, 0) is 9.53 Å². The molecule has 4 aliphatic rings. The molecule has 4 rings (SSSR count). The Hall–Kier alpha value is -1.01. The number of carbonyl (C=O) groups is 1. The van der Waals surface area contributed by atoms with Gasteiger partial charge in [0, 0.05) is 12.3 Å². The van der Waals surface area contributed by atoms with Gasteiger partial charge < -0.3 is 9.84 Å². The Kier molecular flexibility index (Phi) is 4.23. The summed E-state index contributed by atoms with van der Waals surface area (Å²) in [6.45, 7) is 6.40. The molecule has 0 heterocycles. The van der Waals surface area contributed by atoms with E-state index in [0.29, 0.717) is 17.3 Å². The highest BCUT2D eigenvalue weighted by molar-refractivity contribution is 5.66. The van der Waals surface area contributed by atoms with Gasteiger partial charge in [0.05, 0.1) is 0 Å². The molecule has 4 aliphatic carbocycles. The standard InChI is InChI=1S/C23H34O3/c1-5-23(25)13-12-21(3)16(14-23)6-7-17-18-8-9-20(26-15(2)24)22(18,4)11-10-19(17)21/h1,16-20,25H,6-14H2,2-4H3/t16-,17+,18-,19+,20-,21-,22-,23+/m0/s1. The predicted molar refractivity (Wildman–Crippen MR) is 101 cm³/mol. The summed E-state index contributed by atoms with van der Waals surface area (Å²) in [6.07, 6.45) is 15.4. The highest BCUT2D eigenvalue weighted by Gasteiger charge is 2.61. The topological polar surface area (TPSA) is 46.5 Å². The smallest absolute Gasteiger partial charge is 0.302 e. The number of ether oxygens (including phenoxy) is 1. The molecule has 0 saturated heterocycles. The fraction of sp³-hybridized carbons (Fsp3) is 0.870. The molecule has 0 amide bonds. The lowest BCUT2D eigenvalue weighted by Crippen LogP contribution is -2.56. The number of fused-ring (bicyclic) bond motifs is 5. The summed E-state index contributed by atoms with van der Waals surface area (Å²) in [5.74, 6) is 5.25. The summed E-state index contributed by atoms with van der Waals surface area (Å²) in [5, 5.41) is 10.7. The summed E-state index contributed by atoms with van der Waals surface area (Å²) in [7, 11) is 0. The minimum absolute atomic E-state index is 0.106. The number of hydrogen-bond acceptors (Lipinski definition) is 3. The first kappa shape index (κ1) is 18.4. The van der Waals surface area contributed by atoms with Crippen LogP contribution < -0.4 is 0 Å². The largest absolute Gasteiger partial charge is 0.462 e. The van der Waals surface area contributed by atoms with Crippen LogP contribution in [0.4, 0.5) is 0 Å². The van der Waals surface area contributed by atoms with Gasteiger partial charge >= 0.3 is 5.97 Å². The fourth-order valence-electron chi connectivity index (χ4n) is 7.72. The summed E-state index contributed by atoms with van der Waals surface area (Å²) < 4.78 is 5.74. The zero-order valence-electron chi connectivity index (χ0n) is 16.6. The van der Waals surface area contributed by atoms with Crippen molar-refractivity contribution >= 4 is 5.97 Å². The third-order valence-electron chi connectivity index (χ3n) is 9.22. The molecule has 0 spiro atoms. The van der Waals surface area contributed by atoms with Gasteiger partial charge in [0.15, 0.2) is 0 Å². The predicted octanol–water partition coefficient (Wildman–Crippen LogP) is 4.33. The van der Waals surface area contributed by atoms with Gasteiger partial charge in [-0.25, -0.2) is 0 Å². The minimum Gasteiger partial charge on any atom is -0.462 e. The van der Waals surface area contributed by atoms with E-state index < -0.39 is 5.60 Å². The molecule has 144 valence electrons. The molecule has 0 aromatic rings. The Morgan fingerprint density at radius 3 is 2.46 bits per heavy atom. The van der Waals surface area contributed by atoms with Crippen LogP contribution in [0.2, 0.25) is 0 Å². The molecule has 4 saturated carbocycles. The van der Waals surface area contributed by atoms with Gasteiger partial charge in [0.25, 0.3) is 0 Å². The van der Waals surface area contributed by atoms with Crippen LogP contribution in [0.15, 0.2) is 0 Å². The van der Waals surface area contributed by atoms with E-state index in [1.165, 1.54) is 32.1 Å². The molecule has 4 fully saturated rings. The van der Waals surface area contributed by atoms with E-state index in [0.717, 1.165) is 37.5 Å².